The van der Waals surface area contributed by atoms with Gasteiger partial charge in [-0.25, -0.2) is 4.79 Å². The van der Waals surface area contributed by atoms with E-state index in [0.29, 0.717) is 23.8 Å². The zero-order valence-corrected chi connectivity index (χ0v) is 16.5. The Hall–Kier alpha value is -2.35. The number of hydrogen-bond acceptors (Lipinski definition) is 4. The number of nitrogens with one attached hydrogen (secondary N) is 2. The molecule has 0 fully saturated rings. The molecule has 140 valence electrons. The first-order valence-electron chi connectivity index (χ1n) is 8.52. The maximum atomic E-state index is 12.6. The molecule has 0 aliphatic heterocycles. The van der Waals surface area contributed by atoms with Gasteiger partial charge in [0, 0.05) is 22.8 Å². The van der Waals surface area contributed by atoms with Crippen molar-refractivity contribution in [1.29, 1.82) is 0 Å². The molecular formula is C18H23BrN4O3. The summed E-state index contributed by atoms with van der Waals surface area (Å²) in [5.41, 5.74) is 0.672. The summed E-state index contributed by atoms with van der Waals surface area (Å²) in [6.07, 6.45) is 2.86. The topological polar surface area (TPSA) is 87.5 Å². The van der Waals surface area contributed by atoms with Crippen molar-refractivity contribution in [3.63, 3.8) is 0 Å². The number of aromatic nitrogens is 1. The van der Waals surface area contributed by atoms with Gasteiger partial charge >= 0.3 is 6.03 Å². The van der Waals surface area contributed by atoms with Crippen LogP contribution in [-0.2, 0) is 4.79 Å². The summed E-state index contributed by atoms with van der Waals surface area (Å²) >= 11 is 3.36. The maximum absolute atomic E-state index is 12.6. The van der Waals surface area contributed by atoms with E-state index in [9.17, 15) is 9.59 Å². The van der Waals surface area contributed by atoms with E-state index < -0.39 is 0 Å². The lowest BCUT2D eigenvalue weighted by molar-refractivity contribution is -0.116. The van der Waals surface area contributed by atoms with Crippen LogP contribution in [0.2, 0.25) is 0 Å². The molecule has 0 saturated carbocycles. The van der Waals surface area contributed by atoms with E-state index in [4.69, 9.17) is 4.52 Å². The van der Waals surface area contributed by atoms with Gasteiger partial charge in [0.1, 0.15) is 12.3 Å². The van der Waals surface area contributed by atoms with E-state index in [1.165, 1.54) is 4.90 Å². The van der Waals surface area contributed by atoms with Gasteiger partial charge in [0.05, 0.1) is 0 Å². The van der Waals surface area contributed by atoms with E-state index in [0.717, 1.165) is 23.7 Å². The normalized spacial score (nSPS) is 10.4. The van der Waals surface area contributed by atoms with Gasteiger partial charge in [-0.15, -0.1) is 0 Å². The molecule has 7 nitrogen and oxygen atoms in total. The van der Waals surface area contributed by atoms with Crippen LogP contribution in [0.3, 0.4) is 0 Å². The zero-order valence-electron chi connectivity index (χ0n) is 14.9. The molecule has 0 aliphatic carbocycles. The Morgan fingerprint density at radius 3 is 2.54 bits per heavy atom. The average molecular weight is 423 g/mol. The predicted molar refractivity (Wildman–Crippen MR) is 104 cm³/mol. The van der Waals surface area contributed by atoms with Crippen LogP contribution in [0.5, 0.6) is 0 Å². The first-order chi connectivity index (χ1) is 12.5. The molecule has 0 atom stereocenters. The molecule has 0 spiro atoms. The lowest BCUT2D eigenvalue weighted by atomic mass is 10.2. The minimum atomic E-state index is -0.319. The van der Waals surface area contributed by atoms with Gasteiger partial charge in [0.2, 0.25) is 5.91 Å². The second-order valence-electron chi connectivity index (χ2n) is 5.94. The van der Waals surface area contributed by atoms with E-state index in [1.54, 1.807) is 25.1 Å². The van der Waals surface area contributed by atoms with Gasteiger partial charge in [0.15, 0.2) is 5.82 Å². The van der Waals surface area contributed by atoms with Crippen LogP contribution in [-0.4, -0.2) is 35.1 Å². The maximum Gasteiger partial charge on any atom is 0.322 e. The lowest BCUT2D eigenvalue weighted by Crippen LogP contribution is -2.41. The fourth-order valence-corrected chi connectivity index (χ4v) is 2.59. The molecule has 2 N–H and O–H groups in total. The summed E-state index contributed by atoms with van der Waals surface area (Å²) in [5, 5.41) is 9.19. The fourth-order valence-electron chi connectivity index (χ4n) is 2.32. The average Bonchev–Trinajstić information content (AvgIpc) is 3.01. The SMILES string of the molecule is CCCCCN(CC(=O)Nc1cc(C)on1)C(=O)Nc1ccc(Br)cc1. The Kier molecular flexibility index (Phi) is 7.65. The van der Waals surface area contributed by atoms with Crippen molar-refractivity contribution in [2.24, 2.45) is 0 Å². The zero-order chi connectivity index (χ0) is 18.9. The van der Waals surface area contributed by atoms with Crippen LogP contribution in [0.1, 0.15) is 31.9 Å². The Morgan fingerprint density at radius 2 is 1.92 bits per heavy atom. The number of amides is 3. The van der Waals surface area contributed by atoms with Crippen LogP contribution in [0.4, 0.5) is 16.3 Å². The van der Waals surface area contributed by atoms with Crippen molar-refractivity contribution in [3.8, 4) is 0 Å². The number of aryl methyl sites for hydroxylation is 1. The molecule has 0 bridgehead atoms. The number of nitrogens with zero attached hydrogens (tertiary/aromatic N) is 2. The largest absolute Gasteiger partial charge is 0.360 e. The molecule has 26 heavy (non-hydrogen) atoms. The number of carbonyl (C=O) groups is 2. The summed E-state index contributed by atoms with van der Waals surface area (Å²) in [6, 6.07) is 8.60. The first-order valence-corrected chi connectivity index (χ1v) is 9.32. The summed E-state index contributed by atoms with van der Waals surface area (Å²) in [7, 11) is 0. The monoisotopic (exact) mass is 422 g/mol. The minimum Gasteiger partial charge on any atom is -0.360 e. The molecule has 2 rings (SSSR count). The fraction of sp³-hybridized carbons (Fsp3) is 0.389. The Bertz CT molecular complexity index is 730. The van der Waals surface area contributed by atoms with Crippen molar-refractivity contribution in [3.05, 3.63) is 40.6 Å². The molecule has 1 heterocycles. The number of rotatable bonds is 8. The van der Waals surface area contributed by atoms with E-state index in [-0.39, 0.29) is 18.5 Å². The second kappa shape index (κ2) is 9.96. The van der Waals surface area contributed by atoms with E-state index in [2.05, 4.69) is 38.6 Å². The third kappa shape index (κ3) is 6.51. The number of anilines is 2. The van der Waals surface area contributed by atoms with Gasteiger partial charge in [-0.3, -0.25) is 4.79 Å². The van der Waals surface area contributed by atoms with Crippen LogP contribution in [0, 0.1) is 6.92 Å². The number of hydrogen-bond donors (Lipinski definition) is 2. The lowest BCUT2D eigenvalue weighted by Gasteiger charge is -2.22. The molecule has 0 saturated heterocycles. The van der Waals surface area contributed by atoms with Crippen molar-refractivity contribution in [2.45, 2.75) is 33.1 Å². The minimum absolute atomic E-state index is 0.0576. The number of benzene rings is 1. The highest BCUT2D eigenvalue weighted by atomic mass is 79.9. The molecule has 1 aromatic heterocycles. The molecule has 0 radical (unpaired) electrons. The van der Waals surface area contributed by atoms with Crippen LogP contribution >= 0.6 is 15.9 Å². The molecule has 3 amide bonds. The number of carbonyl (C=O) groups excluding carboxylic acids is 2. The first kappa shape index (κ1) is 20.0. The Morgan fingerprint density at radius 1 is 1.19 bits per heavy atom. The second-order valence-corrected chi connectivity index (χ2v) is 6.85. The van der Waals surface area contributed by atoms with Gasteiger partial charge < -0.3 is 20.1 Å². The van der Waals surface area contributed by atoms with Crippen LogP contribution in [0.25, 0.3) is 0 Å². The Balaban J connectivity index is 1.97. The molecule has 0 unspecified atom stereocenters. The van der Waals surface area contributed by atoms with E-state index >= 15 is 0 Å². The molecule has 1 aromatic carbocycles. The highest BCUT2D eigenvalue weighted by Crippen LogP contribution is 2.15. The van der Waals surface area contributed by atoms with Crippen molar-refractivity contribution in [1.82, 2.24) is 10.1 Å². The third-order valence-corrected chi connectivity index (χ3v) is 4.17. The van der Waals surface area contributed by atoms with Gasteiger partial charge in [-0.1, -0.05) is 40.9 Å². The van der Waals surface area contributed by atoms with Crippen LogP contribution in [0.15, 0.2) is 39.3 Å². The summed E-state index contributed by atoms with van der Waals surface area (Å²) in [6.45, 7) is 4.27. The highest BCUT2D eigenvalue weighted by Gasteiger charge is 2.18. The Labute approximate surface area is 161 Å². The number of halogens is 1. The number of unbranched alkanes of at least 4 members (excludes halogenated alkanes) is 2. The summed E-state index contributed by atoms with van der Waals surface area (Å²) in [4.78, 5) is 26.3. The smallest absolute Gasteiger partial charge is 0.322 e. The molecule has 0 aliphatic rings. The van der Waals surface area contributed by atoms with E-state index in [1.807, 2.05) is 12.1 Å². The molecular weight excluding hydrogens is 400 g/mol. The van der Waals surface area contributed by atoms with Crippen molar-refractivity contribution >= 4 is 39.4 Å². The van der Waals surface area contributed by atoms with Gasteiger partial charge in [0.25, 0.3) is 0 Å². The van der Waals surface area contributed by atoms with Gasteiger partial charge in [-0.2, -0.15) is 0 Å². The highest BCUT2D eigenvalue weighted by molar-refractivity contribution is 9.10. The summed E-state index contributed by atoms with van der Waals surface area (Å²) < 4.78 is 5.85. The number of urea groups is 1. The molecule has 2 aromatic rings. The molecule has 8 heteroatoms. The van der Waals surface area contributed by atoms with Crippen molar-refractivity contribution < 1.29 is 14.1 Å². The quantitative estimate of drug-likeness (QED) is 0.616. The standard InChI is InChI=1S/C18H23BrN4O3/c1-3-4-5-10-23(12-17(24)21-16-11-13(2)26-22-16)18(25)20-15-8-6-14(19)7-9-15/h6-9,11H,3-5,10,12H2,1-2H3,(H,20,25)(H,21,22,24). The van der Waals surface area contributed by atoms with Gasteiger partial charge in [-0.05, 0) is 37.6 Å². The van der Waals surface area contributed by atoms with Crippen LogP contribution < -0.4 is 10.6 Å². The third-order valence-electron chi connectivity index (χ3n) is 3.64. The summed E-state index contributed by atoms with van der Waals surface area (Å²) in [5.74, 6) is 0.628. The predicted octanol–water partition coefficient (Wildman–Crippen LogP) is 4.41. The van der Waals surface area contributed by atoms with Crippen molar-refractivity contribution in [2.75, 3.05) is 23.7 Å².